The van der Waals surface area contributed by atoms with Crippen LogP contribution in [0.2, 0.25) is 5.02 Å². The largest absolute Gasteiger partial charge is 0.573 e. The number of nitrogens with zero attached hydrogens (tertiary/aromatic N) is 2. The fourth-order valence-corrected chi connectivity index (χ4v) is 4.96. The number of rotatable bonds is 6. The summed E-state index contributed by atoms with van der Waals surface area (Å²) in [5.74, 6) is -1.75. The molecule has 0 aromatic heterocycles. The van der Waals surface area contributed by atoms with E-state index in [1.54, 1.807) is 30.3 Å². The molecule has 4 rings (SSSR count). The van der Waals surface area contributed by atoms with E-state index in [4.69, 9.17) is 17.3 Å². The van der Waals surface area contributed by atoms with Crippen LogP contribution >= 0.6 is 11.6 Å². The van der Waals surface area contributed by atoms with Gasteiger partial charge in [-0.25, -0.2) is 4.99 Å². The van der Waals surface area contributed by atoms with Crippen molar-refractivity contribution in [1.82, 2.24) is 4.90 Å². The molecule has 0 saturated carbocycles. The molecule has 1 unspecified atom stereocenters. The molecule has 0 radical (unpaired) electrons. The number of carbonyl (C=O) groups is 1. The van der Waals surface area contributed by atoms with Crippen LogP contribution in [0.1, 0.15) is 16.7 Å². The monoisotopic (exact) mass is 553 g/mol. The number of aliphatic imine (C=N–C) groups is 1. The van der Waals surface area contributed by atoms with E-state index < -0.39 is 39.4 Å². The van der Waals surface area contributed by atoms with Crippen molar-refractivity contribution in [2.24, 2.45) is 10.7 Å². The van der Waals surface area contributed by atoms with E-state index >= 15 is 0 Å². The lowest BCUT2D eigenvalue weighted by Crippen LogP contribution is -2.41. The summed E-state index contributed by atoms with van der Waals surface area (Å²) in [6.07, 6.45) is -4.88. The van der Waals surface area contributed by atoms with Crippen LogP contribution in [0.25, 0.3) is 11.1 Å². The van der Waals surface area contributed by atoms with Crippen molar-refractivity contribution in [3.8, 4) is 16.9 Å². The Morgan fingerprint density at radius 2 is 1.73 bits per heavy atom. The number of halogens is 4. The third kappa shape index (κ3) is 5.55. The normalized spacial score (nSPS) is 18.2. The predicted molar refractivity (Wildman–Crippen MR) is 130 cm³/mol. The first kappa shape index (κ1) is 26.5. The van der Waals surface area contributed by atoms with Crippen LogP contribution in [0.4, 0.5) is 13.2 Å². The molecule has 0 bridgehead atoms. The van der Waals surface area contributed by atoms with Gasteiger partial charge in [-0.2, -0.15) is 8.42 Å². The Morgan fingerprint density at radius 1 is 1.05 bits per heavy atom. The van der Waals surface area contributed by atoms with E-state index in [9.17, 15) is 30.9 Å². The SMILES string of the molecule is CN1C(=O)C(c2ccc(OC(F)(F)F)cc2)(c2cccc(-c3cc(Cl)cc(CS(=O)(=O)O)c3)c2)N=C1N. The molecular formula is C24H19ClF3N3O5S. The minimum absolute atomic E-state index is 0.0933. The van der Waals surface area contributed by atoms with Gasteiger partial charge in [-0.3, -0.25) is 14.2 Å². The number of hydrogen-bond donors (Lipinski definition) is 2. The number of carbonyl (C=O) groups excluding carboxylic acids is 1. The lowest BCUT2D eigenvalue weighted by atomic mass is 9.81. The first-order valence-corrected chi connectivity index (χ1v) is 12.5. The first-order chi connectivity index (χ1) is 17.2. The van der Waals surface area contributed by atoms with Gasteiger partial charge in [-0.15, -0.1) is 13.2 Å². The molecule has 3 aromatic carbocycles. The Bertz CT molecular complexity index is 1510. The predicted octanol–water partition coefficient (Wildman–Crippen LogP) is 4.32. The topological polar surface area (TPSA) is 122 Å². The van der Waals surface area contributed by atoms with Gasteiger partial charge in [0.05, 0.1) is 0 Å². The van der Waals surface area contributed by atoms with Crippen molar-refractivity contribution in [1.29, 1.82) is 0 Å². The van der Waals surface area contributed by atoms with E-state index in [1.807, 2.05) is 0 Å². The summed E-state index contributed by atoms with van der Waals surface area (Å²) in [5.41, 5.74) is 6.12. The van der Waals surface area contributed by atoms with E-state index in [-0.39, 0.29) is 22.1 Å². The summed E-state index contributed by atoms with van der Waals surface area (Å²) in [5, 5.41) is 0.218. The molecule has 1 aliphatic rings. The van der Waals surface area contributed by atoms with Gasteiger partial charge in [0.1, 0.15) is 11.5 Å². The smallest absolute Gasteiger partial charge is 0.406 e. The standard InChI is InChI=1S/C24H19ClF3N3O5S/c1-31-21(32)23(30-22(31)29,17-5-7-20(8-6-17)36-24(26,27)28)18-4-2-3-15(11-18)16-9-14(10-19(25)12-16)13-37(33,34)35/h2-12H,13H2,1H3,(H2,29,30)(H,33,34,35). The number of hydrogen-bond acceptors (Lipinski definition) is 6. The zero-order chi connectivity index (χ0) is 27.2. The fourth-order valence-electron chi connectivity index (χ4n) is 4.12. The highest BCUT2D eigenvalue weighted by Gasteiger charge is 2.49. The number of ether oxygens (including phenoxy) is 1. The van der Waals surface area contributed by atoms with Crippen molar-refractivity contribution in [3.63, 3.8) is 0 Å². The maximum absolute atomic E-state index is 13.5. The van der Waals surface area contributed by atoms with Crippen molar-refractivity contribution in [2.45, 2.75) is 17.7 Å². The van der Waals surface area contributed by atoms with E-state index in [1.165, 1.54) is 31.3 Å². The molecule has 37 heavy (non-hydrogen) atoms. The molecule has 194 valence electrons. The van der Waals surface area contributed by atoms with Crippen molar-refractivity contribution in [3.05, 3.63) is 88.4 Å². The van der Waals surface area contributed by atoms with Gasteiger partial charge < -0.3 is 10.5 Å². The number of nitrogens with two attached hydrogens (primary N) is 1. The summed E-state index contributed by atoms with van der Waals surface area (Å²) < 4.78 is 73.7. The maximum Gasteiger partial charge on any atom is 0.573 e. The number of benzene rings is 3. The molecule has 1 aliphatic heterocycles. The Morgan fingerprint density at radius 3 is 2.30 bits per heavy atom. The minimum atomic E-state index is -4.88. The van der Waals surface area contributed by atoms with E-state index in [0.717, 1.165) is 17.0 Å². The zero-order valence-corrected chi connectivity index (χ0v) is 20.6. The summed E-state index contributed by atoms with van der Waals surface area (Å²) >= 11 is 6.17. The quantitative estimate of drug-likeness (QED) is 0.438. The van der Waals surface area contributed by atoms with E-state index in [0.29, 0.717) is 16.7 Å². The molecule has 3 aromatic rings. The number of guanidine groups is 1. The molecule has 1 heterocycles. The average Bonchev–Trinajstić information content (AvgIpc) is 3.02. The highest BCUT2D eigenvalue weighted by molar-refractivity contribution is 7.85. The van der Waals surface area contributed by atoms with Gasteiger partial charge in [0.15, 0.2) is 11.5 Å². The van der Waals surface area contributed by atoms with Crippen molar-refractivity contribution in [2.75, 3.05) is 7.05 Å². The fraction of sp³-hybridized carbons (Fsp3) is 0.167. The minimum Gasteiger partial charge on any atom is -0.406 e. The summed E-state index contributed by atoms with van der Waals surface area (Å²) in [4.78, 5) is 19.0. The Kier molecular flexibility index (Phi) is 6.69. The van der Waals surface area contributed by atoms with Gasteiger partial charge >= 0.3 is 6.36 Å². The third-order valence-corrected chi connectivity index (χ3v) is 6.58. The summed E-state index contributed by atoms with van der Waals surface area (Å²) in [6.45, 7) is 0. The van der Waals surface area contributed by atoms with Crippen LogP contribution in [0.5, 0.6) is 5.75 Å². The molecule has 0 aliphatic carbocycles. The average molecular weight is 554 g/mol. The second-order valence-electron chi connectivity index (χ2n) is 8.27. The van der Waals surface area contributed by atoms with Crippen LogP contribution in [0, 0.1) is 0 Å². The molecule has 0 saturated heterocycles. The van der Waals surface area contributed by atoms with Gasteiger partial charge in [-0.1, -0.05) is 41.9 Å². The molecule has 8 nitrogen and oxygen atoms in total. The lowest BCUT2D eigenvalue weighted by molar-refractivity contribution is -0.274. The summed E-state index contributed by atoms with van der Waals surface area (Å²) in [6, 6.07) is 15.8. The summed E-state index contributed by atoms with van der Waals surface area (Å²) in [7, 11) is -2.89. The second kappa shape index (κ2) is 9.36. The van der Waals surface area contributed by atoms with Crippen LogP contribution in [-0.2, 0) is 26.2 Å². The number of alkyl halides is 3. The van der Waals surface area contributed by atoms with Crippen LogP contribution in [0.15, 0.2) is 71.7 Å². The lowest BCUT2D eigenvalue weighted by Gasteiger charge is -2.27. The van der Waals surface area contributed by atoms with Crippen molar-refractivity contribution >= 4 is 33.6 Å². The highest BCUT2D eigenvalue weighted by atomic mass is 35.5. The molecule has 1 amide bonds. The van der Waals surface area contributed by atoms with E-state index in [2.05, 4.69) is 9.73 Å². The molecule has 0 fully saturated rings. The van der Waals surface area contributed by atoms with Crippen LogP contribution in [-0.4, -0.2) is 43.1 Å². The second-order valence-corrected chi connectivity index (χ2v) is 10.2. The Hall–Kier alpha value is -3.61. The zero-order valence-electron chi connectivity index (χ0n) is 19.0. The molecule has 0 spiro atoms. The molecule has 13 heteroatoms. The number of amides is 1. The molecule has 3 N–H and O–H groups in total. The first-order valence-electron chi connectivity index (χ1n) is 10.5. The van der Waals surface area contributed by atoms with Crippen molar-refractivity contribution < 1.29 is 35.7 Å². The van der Waals surface area contributed by atoms with Gasteiger partial charge in [0.25, 0.3) is 16.0 Å². The molecular weight excluding hydrogens is 535 g/mol. The van der Waals surface area contributed by atoms with Gasteiger partial charge in [-0.05, 0) is 64.2 Å². The number of likely N-dealkylation sites (N-methyl/N-ethyl adjacent to an activating group) is 1. The Labute approximate surface area is 214 Å². The van der Waals surface area contributed by atoms with Crippen LogP contribution < -0.4 is 10.5 Å². The highest BCUT2D eigenvalue weighted by Crippen LogP contribution is 2.41. The van der Waals surface area contributed by atoms with Gasteiger partial charge in [0, 0.05) is 12.1 Å². The van der Waals surface area contributed by atoms with Crippen LogP contribution in [0.3, 0.4) is 0 Å². The Balaban J connectivity index is 1.84. The third-order valence-electron chi connectivity index (χ3n) is 5.67. The van der Waals surface area contributed by atoms with Gasteiger partial charge in [0.2, 0.25) is 0 Å². The molecule has 1 atom stereocenters. The maximum atomic E-state index is 13.5.